The van der Waals surface area contributed by atoms with Crippen LogP contribution in [0.2, 0.25) is 0 Å². The molecule has 1 atom stereocenters. The fourth-order valence-electron chi connectivity index (χ4n) is 1.52. The lowest BCUT2D eigenvalue weighted by Gasteiger charge is -2.34. The minimum atomic E-state index is -0.584. The first-order valence-electron chi connectivity index (χ1n) is 4.28. The molecule has 0 saturated carbocycles. The molecule has 0 aliphatic heterocycles. The molecule has 68 valence electrons. The van der Waals surface area contributed by atoms with Crippen LogP contribution in [0.3, 0.4) is 0 Å². The summed E-state index contributed by atoms with van der Waals surface area (Å²) in [5.74, 6) is 0. The third kappa shape index (κ3) is 3.73. The topological polar surface area (TPSA) is 23.5 Å². The Morgan fingerprint density at radius 3 is 1.91 bits per heavy atom. The summed E-state index contributed by atoms with van der Waals surface area (Å²) >= 11 is 0. The Kier molecular flexibility index (Phi) is 4.04. The van der Waals surface area contributed by atoms with E-state index in [9.17, 15) is 5.11 Å². The van der Waals surface area contributed by atoms with Gasteiger partial charge in [0.1, 0.15) is 0 Å². The summed E-state index contributed by atoms with van der Waals surface area (Å²) in [4.78, 5) is 2.09. The minimum Gasteiger partial charge on any atom is -0.389 e. The smallest absolute Gasteiger partial charge is 0.0746 e. The zero-order valence-corrected chi connectivity index (χ0v) is 8.39. The van der Waals surface area contributed by atoms with E-state index < -0.39 is 5.60 Å². The van der Waals surface area contributed by atoms with Crippen LogP contribution in [-0.2, 0) is 0 Å². The maximum absolute atomic E-state index is 9.74. The van der Waals surface area contributed by atoms with Crippen molar-refractivity contribution in [1.82, 2.24) is 4.90 Å². The summed E-state index contributed by atoms with van der Waals surface area (Å²) in [5.41, 5.74) is -0.584. The zero-order chi connectivity index (χ0) is 9.07. The lowest BCUT2D eigenvalue weighted by atomic mass is 9.94. The van der Waals surface area contributed by atoms with E-state index in [4.69, 9.17) is 0 Å². The predicted octanol–water partition coefficient (Wildman–Crippen LogP) is 1.49. The van der Waals surface area contributed by atoms with Crippen molar-refractivity contribution in [3.05, 3.63) is 0 Å². The van der Waals surface area contributed by atoms with Gasteiger partial charge in [-0.2, -0.15) is 0 Å². The van der Waals surface area contributed by atoms with Crippen molar-refractivity contribution in [1.29, 1.82) is 0 Å². The van der Waals surface area contributed by atoms with E-state index in [-0.39, 0.29) is 6.04 Å². The van der Waals surface area contributed by atoms with Gasteiger partial charge in [0.2, 0.25) is 0 Å². The molecule has 0 rings (SSSR count). The molecule has 0 aliphatic carbocycles. The molecule has 0 bridgehead atoms. The van der Waals surface area contributed by atoms with Gasteiger partial charge in [-0.1, -0.05) is 13.3 Å². The molecule has 11 heavy (non-hydrogen) atoms. The maximum atomic E-state index is 9.74. The Hall–Kier alpha value is -0.0800. The van der Waals surface area contributed by atoms with E-state index >= 15 is 0 Å². The van der Waals surface area contributed by atoms with Crippen molar-refractivity contribution in [3.63, 3.8) is 0 Å². The van der Waals surface area contributed by atoms with E-state index in [1.165, 1.54) is 0 Å². The average Bonchev–Trinajstić information content (AvgIpc) is 1.79. The molecule has 2 nitrogen and oxygen atoms in total. The Morgan fingerprint density at radius 1 is 1.36 bits per heavy atom. The molecule has 0 amide bonds. The molecular weight excluding hydrogens is 138 g/mol. The van der Waals surface area contributed by atoms with E-state index in [1.54, 1.807) is 0 Å². The third-order valence-corrected chi connectivity index (χ3v) is 2.00. The Balaban J connectivity index is 4.10. The molecule has 0 aromatic carbocycles. The maximum Gasteiger partial charge on any atom is 0.0746 e. The second kappa shape index (κ2) is 4.07. The van der Waals surface area contributed by atoms with Gasteiger partial charge in [-0.15, -0.1) is 0 Å². The van der Waals surface area contributed by atoms with Crippen molar-refractivity contribution >= 4 is 0 Å². The normalized spacial score (nSPS) is 15.5. The van der Waals surface area contributed by atoms with Crippen molar-refractivity contribution < 1.29 is 5.11 Å². The van der Waals surface area contributed by atoms with Gasteiger partial charge in [-0.3, -0.25) is 0 Å². The number of nitrogens with zero attached hydrogens (tertiary/aromatic N) is 1. The first-order chi connectivity index (χ1) is 4.89. The molecule has 0 heterocycles. The van der Waals surface area contributed by atoms with Gasteiger partial charge in [0.25, 0.3) is 0 Å². The third-order valence-electron chi connectivity index (χ3n) is 2.00. The van der Waals surface area contributed by atoms with Crippen LogP contribution < -0.4 is 0 Å². The summed E-state index contributed by atoms with van der Waals surface area (Å²) in [7, 11) is 4.02. The zero-order valence-electron chi connectivity index (χ0n) is 8.39. The summed E-state index contributed by atoms with van der Waals surface area (Å²) in [6, 6.07) is 0.271. The second-order valence-electron chi connectivity index (χ2n) is 3.92. The molecule has 0 radical (unpaired) electrons. The molecule has 1 N–H and O–H groups in total. The molecule has 0 spiro atoms. The monoisotopic (exact) mass is 159 g/mol. The molecule has 0 aliphatic rings. The average molecular weight is 159 g/mol. The minimum absolute atomic E-state index is 0.271. The fourth-order valence-corrected chi connectivity index (χ4v) is 1.52. The van der Waals surface area contributed by atoms with Gasteiger partial charge in [0, 0.05) is 6.04 Å². The lowest BCUT2D eigenvalue weighted by Crippen LogP contribution is -2.45. The SMILES string of the molecule is CCCC(N(C)C)C(C)(C)O. The molecule has 0 saturated heterocycles. The van der Waals surface area contributed by atoms with Crippen molar-refractivity contribution in [2.75, 3.05) is 14.1 Å². The van der Waals surface area contributed by atoms with Crippen LogP contribution in [0.4, 0.5) is 0 Å². The van der Waals surface area contributed by atoms with E-state index in [2.05, 4.69) is 11.8 Å². The molecule has 0 aromatic rings. The molecule has 0 fully saturated rings. The van der Waals surface area contributed by atoms with Gasteiger partial charge in [0.05, 0.1) is 5.60 Å². The van der Waals surface area contributed by atoms with Crippen LogP contribution in [-0.4, -0.2) is 35.7 Å². The van der Waals surface area contributed by atoms with Crippen LogP contribution in [0.5, 0.6) is 0 Å². The van der Waals surface area contributed by atoms with Gasteiger partial charge < -0.3 is 10.0 Å². The van der Waals surface area contributed by atoms with Gasteiger partial charge in [-0.05, 0) is 34.4 Å². The number of likely N-dealkylation sites (N-methyl/N-ethyl adjacent to an activating group) is 1. The fraction of sp³-hybridized carbons (Fsp3) is 1.00. The van der Waals surface area contributed by atoms with Gasteiger partial charge in [0.15, 0.2) is 0 Å². The largest absolute Gasteiger partial charge is 0.389 e. The highest BCUT2D eigenvalue weighted by Crippen LogP contribution is 2.17. The number of hydrogen-bond donors (Lipinski definition) is 1. The highest BCUT2D eigenvalue weighted by molar-refractivity contribution is 4.82. The van der Waals surface area contributed by atoms with Crippen molar-refractivity contribution in [3.8, 4) is 0 Å². The molecule has 0 aromatic heterocycles. The van der Waals surface area contributed by atoms with E-state index in [0.29, 0.717) is 0 Å². The lowest BCUT2D eigenvalue weighted by molar-refractivity contribution is -0.00575. The summed E-state index contributed by atoms with van der Waals surface area (Å²) in [6.45, 7) is 5.88. The number of hydrogen-bond acceptors (Lipinski definition) is 2. The van der Waals surface area contributed by atoms with Gasteiger partial charge in [-0.25, -0.2) is 0 Å². The molecule has 2 heteroatoms. The summed E-state index contributed by atoms with van der Waals surface area (Å²) in [5, 5.41) is 9.74. The first-order valence-corrected chi connectivity index (χ1v) is 4.28. The van der Waals surface area contributed by atoms with E-state index in [1.807, 2.05) is 27.9 Å². The van der Waals surface area contributed by atoms with Crippen molar-refractivity contribution in [2.45, 2.75) is 45.3 Å². The summed E-state index contributed by atoms with van der Waals surface area (Å²) < 4.78 is 0. The molecular formula is C9H21NO. The van der Waals surface area contributed by atoms with Crippen LogP contribution in [0, 0.1) is 0 Å². The summed E-state index contributed by atoms with van der Waals surface area (Å²) in [6.07, 6.45) is 2.17. The van der Waals surface area contributed by atoms with E-state index in [0.717, 1.165) is 12.8 Å². The standard InChI is InChI=1S/C9H21NO/c1-6-7-8(10(4)5)9(2,3)11/h8,11H,6-7H2,1-5H3. The van der Waals surface area contributed by atoms with Gasteiger partial charge >= 0.3 is 0 Å². The van der Waals surface area contributed by atoms with Crippen LogP contribution in [0.1, 0.15) is 33.6 Å². The quantitative estimate of drug-likeness (QED) is 0.671. The number of rotatable bonds is 4. The first kappa shape index (κ1) is 10.9. The predicted molar refractivity (Wildman–Crippen MR) is 48.7 cm³/mol. The van der Waals surface area contributed by atoms with Crippen molar-refractivity contribution in [2.24, 2.45) is 0 Å². The highest BCUT2D eigenvalue weighted by atomic mass is 16.3. The Morgan fingerprint density at radius 2 is 1.82 bits per heavy atom. The molecule has 1 unspecified atom stereocenters. The Bertz CT molecular complexity index is 105. The van der Waals surface area contributed by atoms with Crippen LogP contribution >= 0.6 is 0 Å². The Labute approximate surface area is 70.2 Å². The highest BCUT2D eigenvalue weighted by Gasteiger charge is 2.27. The second-order valence-corrected chi connectivity index (χ2v) is 3.92. The van der Waals surface area contributed by atoms with Crippen LogP contribution in [0.15, 0.2) is 0 Å². The number of aliphatic hydroxyl groups is 1. The van der Waals surface area contributed by atoms with Crippen LogP contribution in [0.25, 0.3) is 0 Å².